The molecule has 41 heavy (non-hydrogen) atoms. The molecule has 1 aliphatic rings. The molecule has 5 nitrogen and oxygen atoms in total. The molecule has 0 aliphatic carbocycles. The Morgan fingerprint density at radius 2 is 1.56 bits per heavy atom. The van der Waals surface area contributed by atoms with Gasteiger partial charge in [-0.25, -0.2) is 14.2 Å². The number of ether oxygens (including phenoxy) is 1. The summed E-state index contributed by atoms with van der Waals surface area (Å²) in [6.45, 7) is 1.31. The van der Waals surface area contributed by atoms with E-state index in [1.807, 2.05) is 0 Å². The summed E-state index contributed by atoms with van der Waals surface area (Å²) in [5, 5.41) is 3.06. The topological polar surface area (TPSA) is 53.9 Å². The fraction of sp³-hybridized carbons (Fsp3) is 0.241. The molecule has 3 aromatic rings. The van der Waals surface area contributed by atoms with Crippen molar-refractivity contribution in [2.24, 2.45) is 4.99 Å². The van der Waals surface area contributed by atoms with Gasteiger partial charge < -0.3 is 15.0 Å². The summed E-state index contributed by atoms with van der Waals surface area (Å²) < 4.78 is 98.2. The third-order valence-corrected chi connectivity index (χ3v) is 6.49. The van der Waals surface area contributed by atoms with E-state index in [4.69, 9.17) is 4.74 Å². The van der Waals surface area contributed by atoms with Crippen LogP contribution in [0.4, 0.5) is 30.7 Å². The second-order valence-corrected chi connectivity index (χ2v) is 9.24. The summed E-state index contributed by atoms with van der Waals surface area (Å²) in [5.74, 6) is -1.21. The van der Waals surface area contributed by atoms with Gasteiger partial charge in [0.2, 0.25) is 0 Å². The second-order valence-electron chi connectivity index (χ2n) is 9.24. The number of aliphatic imine (C=N–C) groups is 1. The molecular weight excluding hydrogens is 555 g/mol. The number of guanidine groups is 1. The lowest BCUT2D eigenvalue weighted by atomic mass is 9.94. The highest BCUT2D eigenvalue weighted by Crippen LogP contribution is 2.34. The minimum Gasteiger partial charge on any atom is -0.466 e. The molecule has 0 saturated carbocycles. The maximum absolute atomic E-state index is 14.1. The molecule has 1 unspecified atom stereocenters. The molecular formula is C29H24F7N3O2. The van der Waals surface area contributed by atoms with E-state index in [9.17, 15) is 35.5 Å². The monoisotopic (exact) mass is 579 g/mol. The molecule has 12 heteroatoms. The number of benzene rings is 3. The summed E-state index contributed by atoms with van der Waals surface area (Å²) in [6.07, 6.45) is -9.10. The first kappa shape index (κ1) is 29.6. The first-order valence-corrected chi connectivity index (χ1v) is 12.2. The average molecular weight is 580 g/mol. The predicted molar refractivity (Wildman–Crippen MR) is 137 cm³/mol. The summed E-state index contributed by atoms with van der Waals surface area (Å²) in [7, 11) is 1.16. The van der Waals surface area contributed by atoms with Gasteiger partial charge in [-0.05, 0) is 60.0 Å². The number of nitrogens with one attached hydrogen (secondary N) is 1. The molecule has 1 atom stereocenters. The van der Waals surface area contributed by atoms with E-state index in [0.717, 1.165) is 31.4 Å². The van der Waals surface area contributed by atoms with E-state index in [1.165, 1.54) is 47.4 Å². The standard InChI is InChI=1S/C29H24F7N3O2/c1-17-24(26(40)41-2)25(20-6-4-8-23(30)14-20)38-27(37-15-18-9-11-21(12-10-18)28(31,32)33)39(17)16-19-5-3-7-22(13-19)29(34,35)36/h3-14,25H,15-16H2,1-2H3,(H,37,38). The van der Waals surface area contributed by atoms with E-state index in [-0.39, 0.29) is 35.9 Å². The van der Waals surface area contributed by atoms with E-state index in [2.05, 4.69) is 10.3 Å². The van der Waals surface area contributed by atoms with Crippen molar-refractivity contribution in [1.82, 2.24) is 10.2 Å². The molecule has 0 spiro atoms. The van der Waals surface area contributed by atoms with Gasteiger partial charge in [0.15, 0.2) is 5.96 Å². The Labute approximate surface area is 231 Å². The number of carbonyl (C=O) groups is 1. The molecule has 0 fully saturated rings. The van der Waals surface area contributed by atoms with E-state index in [0.29, 0.717) is 11.1 Å². The van der Waals surface area contributed by atoms with Crippen LogP contribution in [0.15, 0.2) is 89.1 Å². The number of halogens is 7. The van der Waals surface area contributed by atoms with Crippen molar-refractivity contribution in [2.75, 3.05) is 7.11 Å². The van der Waals surface area contributed by atoms with Crippen molar-refractivity contribution < 1.29 is 40.3 Å². The van der Waals surface area contributed by atoms with Crippen LogP contribution in [0.1, 0.15) is 40.8 Å². The first-order valence-electron chi connectivity index (χ1n) is 12.2. The van der Waals surface area contributed by atoms with Crippen LogP contribution in [0, 0.1) is 5.82 Å². The molecule has 1 heterocycles. The van der Waals surface area contributed by atoms with Crippen molar-refractivity contribution in [2.45, 2.75) is 38.4 Å². The maximum atomic E-state index is 14.1. The zero-order valence-electron chi connectivity index (χ0n) is 21.8. The molecule has 1 N–H and O–H groups in total. The number of rotatable bonds is 6. The Kier molecular flexibility index (Phi) is 8.41. The van der Waals surface area contributed by atoms with Gasteiger partial charge in [-0.3, -0.25) is 0 Å². The van der Waals surface area contributed by atoms with Crippen LogP contribution in [0.5, 0.6) is 0 Å². The summed E-state index contributed by atoms with van der Waals surface area (Å²) in [5.41, 5.74) is -0.303. The zero-order valence-corrected chi connectivity index (χ0v) is 21.8. The van der Waals surface area contributed by atoms with Crippen LogP contribution >= 0.6 is 0 Å². The number of nitrogens with zero attached hydrogens (tertiary/aromatic N) is 2. The van der Waals surface area contributed by atoms with E-state index >= 15 is 0 Å². The highest BCUT2D eigenvalue weighted by Gasteiger charge is 2.36. The number of hydrogen-bond acceptors (Lipinski definition) is 3. The Hall–Kier alpha value is -4.35. The highest BCUT2D eigenvalue weighted by molar-refractivity contribution is 5.96. The molecule has 0 radical (unpaired) electrons. The van der Waals surface area contributed by atoms with Gasteiger partial charge in [0.25, 0.3) is 0 Å². The molecule has 0 amide bonds. The summed E-state index contributed by atoms with van der Waals surface area (Å²) >= 11 is 0. The van der Waals surface area contributed by atoms with Crippen LogP contribution in [-0.2, 0) is 35.0 Å². The Morgan fingerprint density at radius 3 is 2.17 bits per heavy atom. The fourth-order valence-electron chi connectivity index (χ4n) is 4.42. The lowest BCUT2D eigenvalue weighted by Crippen LogP contribution is -2.48. The smallest absolute Gasteiger partial charge is 0.416 e. The molecule has 3 aromatic carbocycles. The van der Waals surface area contributed by atoms with Gasteiger partial charge in [0.05, 0.1) is 42.9 Å². The van der Waals surface area contributed by atoms with Crippen LogP contribution in [-0.4, -0.2) is 23.9 Å². The van der Waals surface area contributed by atoms with Crippen molar-refractivity contribution in [3.05, 3.63) is 118 Å². The van der Waals surface area contributed by atoms with Gasteiger partial charge in [0, 0.05) is 5.70 Å². The van der Waals surface area contributed by atoms with Gasteiger partial charge in [-0.15, -0.1) is 0 Å². The Balaban J connectivity index is 1.79. The number of alkyl halides is 6. The van der Waals surface area contributed by atoms with Gasteiger partial charge in [-0.2, -0.15) is 26.3 Å². The average Bonchev–Trinajstić information content (AvgIpc) is 2.92. The van der Waals surface area contributed by atoms with Crippen molar-refractivity contribution in [3.8, 4) is 0 Å². The summed E-state index contributed by atoms with van der Waals surface area (Å²) in [6, 6.07) is 13.5. The fourth-order valence-corrected chi connectivity index (χ4v) is 4.42. The van der Waals surface area contributed by atoms with Gasteiger partial charge in [-0.1, -0.05) is 36.4 Å². The van der Waals surface area contributed by atoms with E-state index < -0.39 is 41.3 Å². The highest BCUT2D eigenvalue weighted by atomic mass is 19.4. The van der Waals surface area contributed by atoms with Crippen molar-refractivity contribution in [3.63, 3.8) is 0 Å². The lowest BCUT2D eigenvalue weighted by Gasteiger charge is -2.38. The number of carbonyl (C=O) groups excluding carboxylic acids is 1. The summed E-state index contributed by atoms with van der Waals surface area (Å²) in [4.78, 5) is 18.9. The molecule has 1 aliphatic heterocycles. The van der Waals surface area contributed by atoms with Crippen LogP contribution < -0.4 is 5.32 Å². The molecule has 0 saturated heterocycles. The number of esters is 1. The third-order valence-electron chi connectivity index (χ3n) is 6.49. The van der Waals surface area contributed by atoms with Crippen LogP contribution in [0.3, 0.4) is 0 Å². The number of methoxy groups -OCH3 is 1. The van der Waals surface area contributed by atoms with Crippen molar-refractivity contribution >= 4 is 11.9 Å². The van der Waals surface area contributed by atoms with Gasteiger partial charge in [0.1, 0.15) is 5.82 Å². The van der Waals surface area contributed by atoms with E-state index in [1.54, 1.807) is 13.0 Å². The number of hydrogen-bond donors (Lipinski definition) is 1. The normalized spacial score (nSPS) is 17.0. The first-order chi connectivity index (χ1) is 19.3. The Bertz CT molecular complexity index is 1480. The molecule has 0 aromatic heterocycles. The largest absolute Gasteiger partial charge is 0.466 e. The van der Waals surface area contributed by atoms with Crippen LogP contribution in [0.25, 0.3) is 0 Å². The second kappa shape index (κ2) is 11.6. The maximum Gasteiger partial charge on any atom is 0.416 e. The minimum atomic E-state index is -4.58. The lowest BCUT2D eigenvalue weighted by molar-refractivity contribution is -0.138. The zero-order chi connectivity index (χ0) is 29.9. The SMILES string of the molecule is COC(=O)C1=C(C)N(Cc2cccc(C(F)(F)F)c2)C(=NCc2ccc(C(F)(F)F)cc2)NC1c1cccc(F)c1. The van der Waals surface area contributed by atoms with Crippen molar-refractivity contribution in [1.29, 1.82) is 0 Å². The molecule has 0 bridgehead atoms. The minimum absolute atomic E-state index is 0.0820. The predicted octanol–water partition coefficient (Wildman–Crippen LogP) is 7.01. The molecule has 4 rings (SSSR count). The Morgan fingerprint density at radius 1 is 0.902 bits per heavy atom. The number of allylic oxidation sites excluding steroid dienone is 1. The van der Waals surface area contributed by atoms with Gasteiger partial charge >= 0.3 is 18.3 Å². The molecule has 216 valence electrons. The van der Waals surface area contributed by atoms with Crippen LogP contribution in [0.2, 0.25) is 0 Å². The third kappa shape index (κ3) is 6.87. The quantitative estimate of drug-likeness (QED) is 0.252.